The number of hydrogen-bond acceptors (Lipinski definition) is 3. The number of benzene rings is 1. The molecular weight excluding hydrogens is 256 g/mol. The number of nitrogens with two attached hydrogens (primary N) is 1. The van der Waals surface area contributed by atoms with Crippen LogP contribution in [0.4, 0.5) is 5.69 Å². The SMILES string of the molecule is Nc1ccc2c(c1)CCCC2NC(=O)c1c[nH]c(=O)[nH]1. The summed E-state index contributed by atoms with van der Waals surface area (Å²) in [7, 11) is 0. The van der Waals surface area contributed by atoms with Gasteiger partial charge in [-0.25, -0.2) is 4.79 Å². The first-order chi connectivity index (χ1) is 9.63. The van der Waals surface area contributed by atoms with Gasteiger partial charge in [0.1, 0.15) is 5.69 Å². The van der Waals surface area contributed by atoms with E-state index in [-0.39, 0.29) is 23.3 Å². The van der Waals surface area contributed by atoms with Crippen LogP contribution in [0.1, 0.15) is 40.5 Å². The zero-order chi connectivity index (χ0) is 14.1. The number of aryl methyl sites for hydroxylation is 1. The van der Waals surface area contributed by atoms with Gasteiger partial charge in [-0.3, -0.25) is 4.79 Å². The van der Waals surface area contributed by atoms with Gasteiger partial charge in [0.15, 0.2) is 0 Å². The fraction of sp³-hybridized carbons (Fsp3) is 0.286. The molecule has 104 valence electrons. The topological polar surface area (TPSA) is 104 Å². The second kappa shape index (κ2) is 4.88. The molecule has 2 aromatic rings. The van der Waals surface area contributed by atoms with Crippen molar-refractivity contribution in [2.45, 2.75) is 25.3 Å². The first-order valence-electron chi connectivity index (χ1n) is 6.60. The van der Waals surface area contributed by atoms with Gasteiger partial charge in [0.2, 0.25) is 0 Å². The maximum absolute atomic E-state index is 12.1. The fourth-order valence-electron chi connectivity index (χ4n) is 2.67. The number of anilines is 1. The van der Waals surface area contributed by atoms with Crippen LogP contribution in [0.5, 0.6) is 0 Å². The Balaban J connectivity index is 1.83. The number of hydrogen-bond donors (Lipinski definition) is 4. The molecule has 1 aliphatic carbocycles. The van der Waals surface area contributed by atoms with Crippen molar-refractivity contribution >= 4 is 11.6 Å². The zero-order valence-corrected chi connectivity index (χ0v) is 10.9. The Bertz CT molecular complexity index is 701. The maximum atomic E-state index is 12.1. The van der Waals surface area contributed by atoms with Gasteiger partial charge < -0.3 is 21.0 Å². The quantitative estimate of drug-likeness (QED) is 0.615. The molecule has 6 heteroatoms. The lowest BCUT2D eigenvalue weighted by molar-refractivity contribution is 0.0928. The Hall–Kier alpha value is -2.50. The minimum atomic E-state index is -0.382. The molecule has 3 rings (SSSR count). The number of nitrogens with one attached hydrogen (secondary N) is 3. The largest absolute Gasteiger partial charge is 0.399 e. The van der Waals surface area contributed by atoms with E-state index >= 15 is 0 Å². The molecule has 20 heavy (non-hydrogen) atoms. The van der Waals surface area contributed by atoms with Crippen molar-refractivity contribution in [2.24, 2.45) is 0 Å². The van der Waals surface area contributed by atoms with E-state index < -0.39 is 0 Å². The molecule has 1 aliphatic rings. The highest BCUT2D eigenvalue weighted by molar-refractivity contribution is 5.92. The summed E-state index contributed by atoms with van der Waals surface area (Å²) in [6, 6.07) is 5.74. The molecular formula is C14H16N4O2. The van der Waals surface area contributed by atoms with Crippen LogP contribution in [0.15, 0.2) is 29.2 Å². The second-order valence-electron chi connectivity index (χ2n) is 5.03. The molecule has 0 bridgehead atoms. The molecule has 1 unspecified atom stereocenters. The molecule has 1 heterocycles. The van der Waals surface area contributed by atoms with Crippen molar-refractivity contribution < 1.29 is 4.79 Å². The third kappa shape index (κ3) is 2.32. The van der Waals surface area contributed by atoms with Crippen LogP contribution in [0.25, 0.3) is 0 Å². The predicted molar refractivity (Wildman–Crippen MR) is 75.4 cm³/mol. The van der Waals surface area contributed by atoms with Gasteiger partial charge in [-0.1, -0.05) is 6.07 Å². The smallest absolute Gasteiger partial charge is 0.323 e. The van der Waals surface area contributed by atoms with E-state index in [4.69, 9.17) is 5.73 Å². The summed E-state index contributed by atoms with van der Waals surface area (Å²) in [5.74, 6) is -0.280. The molecule has 1 amide bonds. The van der Waals surface area contributed by atoms with Gasteiger partial charge in [-0.2, -0.15) is 0 Å². The number of aromatic nitrogens is 2. The van der Waals surface area contributed by atoms with Crippen LogP contribution >= 0.6 is 0 Å². The maximum Gasteiger partial charge on any atom is 0.323 e. The van der Waals surface area contributed by atoms with Gasteiger partial charge in [0.05, 0.1) is 6.04 Å². The Kier molecular flexibility index (Phi) is 3.06. The molecule has 0 fully saturated rings. The van der Waals surface area contributed by atoms with Crippen LogP contribution in [0, 0.1) is 0 Å². The summed E-state index contributed by atoms with van der Waals surface area (Å²) in [6.07, 6.45) is 4.25. The van der Waals surface area contributed by atoms with E-state index in [9.17, 15) is 9.59 Å². The van der Waals surface area contributed by atoms with E-state index in [1.54, 1.807) is 0 Å². The van der Waals surface area contributed by atoms with Gasteiger partial charge in [0, 0.05) is 11.9 Å². The predicted octanol–water partition coefficient (Wildman–Crippen LogP) is 1.09. The van der Waals surface area contributed by atoms with Crippen molar-refractivity contribution in [3.8, 4) is 0 Å². The summed E-state index contributed by atoms with van der Waals surface area (Å²) in [4.78, 5) is 28.0. The molecule has 1 aromatic carbocycles. The molecule has 0 spiro atoms. The van der Waals surface area contributed by atoms with E-state index in [2.05, 4.69) is 15.3 Å². The molecule has 1 aromatic heterocycles. The van der Waals surface area contributed by atoms with Gasteiger partial charge in [-0.15, -0.1) is 0 Å². The fourth-order valence-corrected chi connectivity index (χ4v) is 2.67. The Morgan fingerprint density at radius 2 is 2.25 bits per heavy atom. The van der Waals surface area contributed by atoms with Crippen molar-refractivity contribution in [3.05, 3.63) is 51.7 Å². The Morgan fingerprint density at radius 3 is 3.00 bits per heavy atom. The monoisotopic (exact) mass is 272 g/mol. The lowest BCUT2D eigenvalue weighted by atomic mass is 9.87. The first kappa shape index (κ1) is 12.5. The highest BCUT2D eigenvalue weighted by Gasteiger charge is 2.22. The van der Waals surface area contributed by atoms with Gasteiger partial charge in [-0.05, 0) is 42.5 Å². The number of rotatable bonds is 2. The molecule has 1 atom stereocenters. The lowest BCUT2D eigenvalue weighted by Crippen LogP contribution is -2.31. The summed E-state index contributed by atoms with van der Waals surface area (Å²) >= 11 is 0. The Labute approximate surface area is 115 Å². The summed E-state index contributed by atoms with van der Waals surface area (Å²) in [5, 5.41) is 2.95. The number of amides is 1. The molecule has 0 saturated heterocycles. The van der Waals surface area contributed by atoms with Crippen LogP contribution in [-0.4, -0.2) is 15.9 Å². The van der Waals surface area contributed by atoms with Crippen LogP contribution < -0.4 is 16.7 Å². The molecule has 6 nitrogen and oxygen atoms in total. The molecule has 0 radical (unpaired) electrons. The number of carbonyl (C=O) groups excluding carboxylic acids is 1. The van der Waals surface area contributed by atoms with Crippen LogP contribution in [0.3, 0.4) is 0 Å². The van der Waals surface area contributed by atoms with Gasteiger partial charge in [0.25, 0.3) is 5.91 Å². The summed E-state index contributed by atoms with van der Waals surface area (Å²) in [5.41, 5.74) is 8.69. The van der Waals surface area contributed by atoms with E-state index in [1.165, 1.54) is 11.8 Å². The highest BCUT2D eigenvalue weighted by Crippen LogP contribution is 2.31. The standard InChI is InChI=1S/C14H16N4O2/c15-9-4-5-10-8(6-9)2-1-3-11(10)17-13(19)12-7-16-14(20)18-12/h4-7,11H,1-3,15H2,(H,17,19)(H2,16,18,20). The average Bonchev–Trinajstić information content (AvgIpc) is 2.85. The molecule has 5 N–H and O–H groups in total. The Morgan fingerprint density at radius 1 is 1.40 bits per heavy atom. The number of imidazole rings is 1. The van der Waals surface area contributed by atoms with Gasteiger partial charge >= 0.3 is 5.69 Å². The summed E-state index contributed by atoms with van der Waals surface area (Å²) < 4.78 is 0. The lowest BCUT2D eigenvalue weighted by Gasteiger charge is -2.26. The first-order valence-corrected chi connectivity index (χ1v) is 6.60. The average molecular weight is 272 g/mol. The second-order valence-corrected chi connectivity index (χ2v) is 5.03. The van der Waals surface area contributed by atoms with E-state index in [1.807, 2.05) is 18.2 Å². The zero-order valence-electron chi connectivity index (χ0n) is 10.9. The number of fused-ring (bicyclic) bond motifs is 1. The van der Waals surface area contributed by atoms with Crippen molar-refractivity contribution in [1.82, 2.24) is 15.3 Å². The minimum Gasteiger partial charge on any atom is -0.399 e. The number of H-pyrrole nitrogens is 2. The normalized spacial score (nSPS) is 17.5. The van der Waals surface area contributed by atoms with E-state index in [0.717, 1.165) is 30.5 Å². The van der Waals surface area contributed by atoms with Crippen molar-refractivity contribution in [3.63, 3.8) is 0 Å². The number of nitrogen functional groups attached to an aromatic ring is 1. The number of carbonyl (C=O) groups is 1. The molecule has 0 saturated carbocycles. The third-order valence-corrected chi connectivity index (χ3v) is 3.63. The number of aromatic amines is 2. The van der Waals surface area contributed by atoms with Crippen molar-refractivity contribution in [2.75, 3.05) is 5.73 Å². The minimum absolute atomic E-state index is 0.0368. The summed E-state index contributed by atoms with van der Waals surface area (Å²) in [6.45, 7) is 0. The van der Waals surface area contributed by atoms with Crippen LogP contribution in [-0.2, 0) is 6.42 Å². The van der Waals surface area contributed by atoms with E-state index in [0.29, 0.717) is 0 Å². The van der Waals surface area contributed by atoms with Crippen LogP contribution in [0.2, 0.25) is 0 Å². The van der Waals surface area contributed by atoms with Crippen molar-refractivity contribution in [1.29, 1.82) is 0 Å². The third-order valence-electron chi connectivity index (χ3n) is 3.63. The molecule has 0 aliphatic heterocycles. The highest BCUT2D eigenvalue weighted by atomic mass is 16.2.